The van der Waals surface area contributed by atoms with Gasteiger partial charge in [0.2, 0.25) is 0 Å². The summed E-state index contributed by atoms with van der Waals surface area (Å²) in [6, 6.07) is 11.6. The normalized spacial score (nSPS) is 10.1. The number of halogens is 2. The number of benzene rings is 1. The van der Waals surface area contributed by atoms with E-state index in [9.17, 15) is 0 Å². The van der Waals surface area contributed by atoms with E-state index < -0.39 is 0 Å². The second-order valence-electron chi connectivity index (χ2n) is 3.35. The van der Waals surface area contributed by atoms with Crippen LogP contribution < -0.4 is 0 Å². The average molecular weight is 295 g/mol. The van der Waals surface area contributed by atoms with Gasteiger partial charge in [-0.25, -0.2) is 0 Å². The van der Waals surface area contributed by atoms with Crippen LogP contribution in [0.15, 0.2) is 53.6 Å². The van der Waals surface area contributed by atoms with Gasteiger partial charge in [0.05, 0.1) is 10.7 Å². The van der Waals surface area contributed by atoms with E-state index in [4.69, 9.17) is 11.6 Å². The Labute approximate surface area is 108 Å². The number of rotatable bonds is 2. The van der Waals surface area contributed by atoms with E-state index in [1.54, 1.807) is 6.20 Å². The molecule has 0 spiro atoms. The van der Waals surface area contributed by atoms with Gasteiger partial charge in [-0.1, -0.05) is 46.2 Å². The molecule has 16 heavy (non-hydrogen) atoms. The van der Waals surface area contributed by atoms with Crippen molar-refractivity contribution < 1.29 is 0 Å². The van der Waals surface area contributed by atoms with Gasteiger partial charge >= 0.3 is 0 Å². The number of hydrogen-bond donors (Lipinski definition) is 0. The van der Waals surface area contributed by atoms with Crippen LogP contribution in [0.25, 0.3) is 5.57 Å². The highest BCUT2D eigenvalue weighted by Crippen LogP contribution is 2.23. The summed E-state index contributed by atoms with van der Waals surface area (Å²) in [5, 5.41) is 0.630. The van der Waals surface area contributed by atoms with Crippen LogP contribution in [0.3, 0.4) is 0 Å². The first-order valence-corrected chi connectivity index (χ1v) is 5.91. The summed E-state index contributed by atoms with van der Waals surface area (Å²) in [5.41, 5.74) is 2.77. The highest BCUT2D eigenvalue weighted by Gasteiger charge is 2.03. The molecule has 0 aliphatic rings. The molecule has 80 valence electrons. The van der Waals surface area contributed by atoms with E-state index in [2.05, 4.69) is 27.5 Å². The predicted molar refractivity (Wildman–Crippen MR) is 71.5 cm³/mol. The molecule has 0 unspecified atom stereocenters. The largest absolute Gasteiger partial charge is 0.255 e. The molecule has 1 nitrogen and oxygen atoms in total. The van der Waals surface area contributed by atoms with Crippen LogP contribution in [0.4, 0.5) is 0 Å². The number of hydrogen-bond acceptors (Lipinski definition) is 1. The van der Waals surface area contributed by atoms with Crippen molar-refractivity contribution in [3.05, 3.63) is 69.9 Å². The van der Waals surface area contributed by atoms with E-state index in [1.807, 2.05) is 36.4 Å². The molecule has 0 radical (unpaired) electrons. The molecule has 0 fully saturated rings. The van der Waals surface area contributed by atoms with Crippen LogP contribution in [0.2, 0.25) is 5.02 Å². The zero-order valence-corrected chi connectivity index (χ0v) is 10.8. The van der Waals surface area contributed by atoms with Crippen LogP contribution in [-0.4, -0.2) is 4.98 Å². The maximum absolute atomic E-state index is 5.79. The van der Waals surface area contributed by atoms with Crippen LogP contribution in [0.5, 0.6) is 0 Å². The Bertz CT molecular complexity index is 520. The Balaban J connectivity index is 2.35. The molecule has 3 heteroatoms. The lowest BCUT2D eigenvalue weighted by molar-refractivity contribution is 1.27. The van der Waals surface area contributed by atoms with Gasteiger partial charge in [-0.05, 0) is 29.8 Å². The molecule has 0 atom stereocenters. The Hall–Kier alpha value is -1.12. The number of nitrogens with zero attached hydrogens (tertiary/aromatic N) is 1. The maximum atomic E-state index is 5.79. The van der Waals surface area contributed by atoms with Gasteiger partial charge in [0.25, 0.3) is 0 Å². The summed E-state index contributed by atoms with van der Waals surface area (Å²) in [5.74, 6) is 0. The molecule has 0 amide bonds. The molecule has 1 heterocycles. The highest BCUT2D eigenvalue weighted by atomic mass is 79.9. The molecule has 0 saturated heterocycles. The van der Waals surface area contributed by atoms with Crippen molar-refractivity contribution in [2.45, 2.75) is 0 Å². The summed E-state index contributed by atoms with van der Waals surface area (Å²) in [4.78, 5) is 4.24. The fourth-order valence-electron chi connectivity index (χ4n) is 1.38. The van der Waals surface area contributed by atoms with E-state index in [0.29, 0.717) is 5.02 Å². The fraction of sp³-hybridized carbons (Fsp3) is 0. The fourth-order valence-corrected chi connectivity index (χ4v) is 1.89. The third-order valence-corrected chi connectivity index (χ3v) is 2.93. The van der Waals surface area contributed by atoms with Crippen molar-refractivity contribution in [1.82, 2.24) is 4.98 Å². The van der Waals surface area contributed by atoms with E-state index >= 15 is 0 Å². The molecule has 1 aromatic heterocycles. The Morgan fingerprint density at radius 3 is 2.69 bits per heavy atom. The molecule has 2 rings (SSSR count). The van der Waals surface area contributed by atoms with Gasteiger partial charge in [0, 0.05) is 16.2 Å². The highest BCUT2D eigenvalue weighted by molar-refractivity contribution is 9.10. The smallest absolute Gasteiger partial charge is 0.0703 e. The van der Waals surface area contributed by atoms with Crippen molar-refractivity contribution in [2.75, 3.05) is 0 Å². The van der Waals surface area contributed by atoms with Gasteiger partial charge in [0.1, 0.15) is 0 Å². The lowest BCUT2D eigenvalue weighted by Crippen LogP contribution is -1.89. The second-order valence-corrected chi connectivity index (χ2v) is 4.70. The first-order valence-electron chi connectivity index (χ1n) is 4.73. The molecule has 0 saturated carbocycles. The van der Waals surface area contributed by atoms with Gasteiger partial charge in [0.15, 0.2) is 0 Å². The van der Waals surface area contributed by atoms with Crippen LogP contribution in [-0.2, 0) is 0 Å². The van der Waals surface area contributed by atoms with Crippen molar-refractivity contribution in [3.63, 3.8) is 0 Å². The monoisotopic (exact) mass is 293 g/mol. The van der Waals surface area contributed by atoms with E-state index in [0.717, 1.165) is 21.3 Å². The van der Waals surface area contributed by atoms with Crippen molar-refractivity contribution >= 4 is 33.1 Å². The molecule has 2 aromatic rings. The quantitative estimate of drug-likeness (QED) is 0.791. The molecule has 0 N–H and O–H groups in total. The SMILES string of the molecule is C=C(c1cccc(Br)c1)c1ccc(Cl)cn1. The predicted octanol–water partition coefficient (Wildman–Crippen LogP) is 4.56. The Morgan fingerprint density at radius 1 is 1.25 bits per heavy atom. The topological polar surface area (TPSA) is 12.9 Å². The third-order valence-electron chi connectivity index (χ3n) is 2.21. The Kier molecular flexibility index (Phi) is 3.42. The number of pyridine rings is 1. The summed E-state index contributed by atoms with van der Waals surface area (Å²) < 4.78 is 1.03. The first-order chi connectivity index (χ1) is 7.66. The van der Waals surface area contributed by atoms with Gasteiger partial charge in [-0.2, -0.15) is 0 Å². The third kappa shape index (κ3) is 2.52. The second kappa shape index (κ2) is 4.81. The van der Waals surface area contributed by atoms with Gasteiger partial charge in [-0.15, -0.1) is 0 Å². The summed E-state index contributed by atoms with van der Waals surface area (Å²) in [7, 11) is 0. The van der Waals surface area contributed by atoms with Gasteiger partial charge < -0.3 is 0 Å². The summed E-state index contributed by atoms with van der Waals surface area (Å²) in [6.07, 6.45) is 1.63. The van der Waals surface area contributed by atoms with E-state index in [-0.39, 0.29) is 0 Å². The van der Waals surface area contributed by atoms with Crippen LogP contribution >= 0.6 is 27.5 Å². The van der Waals surface area contributed by atoms with Crippen molar-refractivity contribution in [1.29, 1.82) is 0 Å². The minimum Gasteiger partial charge on any atom is -0.255 e. The minimum absolute atomic E-state index is 0.630. The zero-order chi connectivity index (χ0) is 11.5. The summed E-state index contributed by atoms with van der Waals surface area (Å²) >= 11 is 9.22. The molecular weight excluding hydrogens is 286 g/mol. The lowest BCUT2D eigenvalue weighted by atomic mass is 10.0. The summed E-state index contributed by atoms with van der Waals surface area (Å²) in [6.45, 7) is 4.04. The lowest BCUT2D eigenvalue weighted by Gasteiger charge is -2.05. The average Bonchev–Trinajstić information content (AvgIpc) is 2.29. The number of aromatic nitrogens is 1. The van der Waals surface area contributed by atoms with E-state index in [1.165, 1.54) is 0 Å². The molecule has 0 aliphatic carbocycles. The van der Waals surface area contributed by atoms with Crippen molar-refractivity contribution in [2.24, 2.45) is 0 Å². The Morgan fingerprint density at radius 2 is 2.06 bits per heavy atom. The molecule has 0 bridgehead atoms. The minimum atomic E-state index is 0.630. The van der Waals surface area contributed by atoms with Crippen molar-refractivity contribution in [3.8, 4) is 0 Å². The van der Waals surface area contributed by atoms with Gasteiger partial charge in [-0.3, -0.25) is 4.98 Å². The van der Waals surface area contributed by atoms with Crippen LogP contribution in [0, 0.1) is 0 Å². The standard InChI is InChI=1S/C13H9BrClN/c1-9(10-3-2-4-11(14)7-10)13-6-5-12(15)8-16-13/h2-8H,1H2. The van der Waals surface area contributed by atoms with Crippen LogP contribution in [0.1, 0.15) is 11.3 Å². The molecule has 1 aromatic carbocycles. The maximum Gasteiger partial charge on any atom is 0.0703 e. The zero-order valence-electron chi connectivity index (χ0n) is 8.45. The molecule has 0 aliphatic heterocycles. The molecular formula is C13H9BrClN. The first kappa shape index (κ1) is 11.4.